The number of nitrogens with zero attached hydrogens (tertiary/aromatic N) is 4. The highest BCUT2D eigenvalue weighted by Crippen LogP contribution is 2.28. The lowest BCUT2D eigenvalue weighted by Gasteiger charge is -2.11. The Labute approximate surface area is 156 Å². The molecule has 0 bridgehead atoms. The molecule has 27 heavy (non-hydrogen) atoms. The van der Waals surface area contributed by atoms with Crippen molar-refractivity contribution in [2.24, 2.45) is 7.05 Å². The molecule has 0 atom stereocenters. The van der Waals surface area contributed by atoms with E-state index < -0.39 is 0 Å². The van der Waals surface area contributed by atoms with Gasteiger partial charge in [0.15, 0.2) is 0 Å². The van der Waals surface area contributed by atoms with Crippen molar-refractivity contribution in [1.82, 2.24) is 19.7 Å². The van der Waals surface area contributed by atoms with Gasteiger partial charge in [0.25, 0.3) is 0 Å². The first kappa shape index (κ1) is 16.8. The van der Waals surface area contributed by atoms with Crippen molar-refractivity contribution in [2.75, 3.05) is 19.5 Å². The lowest BCUT2D eigenvalue weighted by Crippen LogP contribution is -1.96. The maximum atomic E-state index is 5.31. The van der Waals surface area contributed by atoms with Crippen molar-refractivity contribution < 1.29 is 9.47 Å². The Balaban J connectivity index is 1.68. The molecular weight excluding hydrogens is 342 g/mol. The minimum Gasteiger partial charge on any atom is -0.497 e. The second kappa shape index (κ2) is 6.95. The molecule has 0 saturated heterocycles. The molecular formula is C20H19N5O2. The van der Waals surface area contributed by atoms with Crippen LogP contribution in [0.25, 0.3) is 22.2 Å². The number of fused-ring (bicyclic) bond motifs is 1. The molecule has 3 heterocycles. The monoisotopic (exact) mass is 361 g/mol. The summed E-state index contributed by atoms with van der Waals surface area (Å²) in [6, 6.07) is 11.4. The molecule has 0 radical (unpaired) electrons. The van der Waals surface area contributed by atoms with E-state index in [1.54, 1.807) is 18.9 Å². The summed E-state index contributed by atoms with van der Waals surface area (Å²) in [5.41, 5.74) is 4.44. The Morgan fingerprint density at radius 2 is 1.67 bits per heavy atom. The van der Waals surface area contributed by atoms with E-state index in [1.165, 1.54) is 0 Å². The summed E-state index contributed by atoms with van der Waals surface area (Å²) in [6.07, 6.45) is 5.60. The summed E-state index contributed by atoms with van der Waals surface area (Å²) in [5.74, 6) is 2.12. The Hall–Kier alpha value is -3.61. The molecule has 0 spiro atoms. The molecule has 0 saturated carbocycles. The number of anilines is 2. The van der Waals surface area contributed by atoms with Crippen LogP contribution in [-0.2, 0) is 7.05 Å². The van der Waals surface area contributed by atoms with Crippen molar-refractivity contribution in [2.45, 2.75) is 0 Å². The average Bonchev–Trinajstić information content (AvgIpc) is 3.13. The van der Waals surface area contributed by atoms with E-state index >= 15 is 0 Å². The Morgan fingerprint density at radius 3 is 2.33 bits per heavy atom. The molecule has 7 nitrogen and oxygen atoms in total. The average molecular weight is 361 g/mol. The maximum Gasteiger partial charge on any atom is 0.131 e. The molecule has 0 unspecified atom stereocenters. The highest BCUT2D eigenvalue weighted by Gasteiger charge is 2.07. The van der Waals surface area contributed by atoms with Crippen LogP contribution in [0.15, 0.2) is 55.0 Å². The lowest BCUT2D eigenvalue weighted by atomic mass is 10.1. The van der Waals surface area contributed by atoms with Crippen molar-refractivity contribution in [3.63, 3.8) is 0 Å². The van der Waals surface area contributed by atoms with Gasteiger partial charge >= 0.3 is 0 Å². The van der Waals surface area contributed by atoms with Gasteiger partial charge in [-0.2, -0.15) is 5.10 Å². The number of nitrogens with one attached hydrogen (secondary N) is 1. The van der Waals surface area contributed by atoms with Crippen LogP contribution in [0, 0.1) is 0 Å². The zero-order chi connectivity index (χ0) is 18.8. The van der Waals surface area contributed by atoms with E-state index in [-0.39, 0.29) is 0 Å². The first-order valence-electron chi connectivity index (χ1n) is 8.40. The minimum atomic E-state index is 0.707. The first-order chi connectivity index (χ1) is 13.1. The number of methoxy groups -OCH3 is 2. The van der Waals surface area contributed by atoms with Gasteiger partial charge in [0.05, 0.1) is 31.4 Å². The molecule has 0 aliphatic carbocycles. The molecule has 1 aromatic carbocycles. The predicted molar refractivity (Wildman–Crippen MR) is 105 cm³/mol. The van der Waals surface area contributed by atoms with E-state index in [4.69, 9.17) is 14.5 Å². The third kappa shape index (κ3) is 3.52. The van der Waals surface area contributed by atoms with E-state index in [2.05, 4.69) is 15.4 Å². The highest BCUT2D eigenvalue weighted by atomic mass is 16.5. The van der Waals surface area contributed by atoms with Crippen LogP contribution in [0.2, 0.25) is 0 Å². The van der Waals surface area contributed by atoms with Crippen LogP contribution in [0.4, 0.5) is 11.5 Å². The molecule has 0 aliphatic rings. The number of pyridine rings is 2. The van der Waals surface area contributed by atoms with Crippen LogP contribution in [-0.4, -0.2) is 34.0 Å². The van der Waals surface area contributed by atoms with Crippen molar-refractivity contribution in [1.29, 1.82) is 0 Å². The zero-order valence-corrected chi connectivity index (χ0v) is 15.3. The Bertz CT molecular complexity index is 1080. The fourth-order valence-electron chi connectivity index (χ4n) is 2.83. The Kier molecular flexibility index (Phi) is 4.33. The molecule has 136 valence electrons. The van der Waals surface area contributed by atoms with E-state index in [0.717, 1.165) is 27.8 Å². The number of aryl methyl sites for hydroxylation is 1. The number of benzene rings is 1. The lowest BCUT2D eigenvalue weighted by molar-refractivity contribution is 0.395. The van der Waals surface area contributed by atoms with Crippen LogP contribution < -0.4 is 14.8 Å². The molecule has 4 rings (SSSR count). The van der Waals surface area contributed by atoms with Crippen molar-refractivity contribution in [3.05, 3.63) is 55.0 Å². The minimum absolute atomic E-state index is 0.707. The summed E-state index contributed by atoms with van der Waals surface area (Å²) < 4.78 is 12.4. The summed E-state index contributed by atoms with van der Waals surface area (Å²) >= 11 is 0. The van der Waals surface area contributed by atoms with Gasteiger partial charge in [0.1, 0.15) is 17.3 Å². The van der Waals surface area contributed by atoms with Gasteiger partial charge in [0.2, 0.25) is 0 Å². The standard InChI is InChI=1S/C20H19N5O2/c1-25-12-14(11-22-25)13-6-19-18(21-10-13)4-5-20(24-19)23-15-7-16(26-2)9-17(8-15)27-3/h4-12H,1-3H3,(H,23,24). The van der Waals surface area contributed by atoms with Gasteiger partial charge in [0, 0.05) is 54.5 Å². The number of ether oxygens (including phenoxy) is 2. The largest absolute Gasteiger partial charge is 0.497 e. The zero-order valence-electron chi connectivity index (χ0n) is 15.3. The van der Waals surface area contributed by atoms with E-state index in [9.17, 15) is 0 Å². The van der Waals surface area contributed by atoms with Crippen LogP contribution in [0.3, 0.4) is 0 Å². The number of aromatic nitrogens is 4. The molecule has 4 aromatic rings. The van der Waals surface area contributed by atoms with Gasteiger partial charge in [-0.3, -0.25) is 9.67 Å². The second-order valence-corrected chi connectivity index (χ2v) is 6.09. The molecule has 0 amide bonds. The third-order valence-electron chi connectivity index (χ3n) is 4.20. The van der Waals surface area contributed by atoms with E-state index in [1.807, 2.05) is 62.0 Å². The molecule has 0 aliphatic heterocycles. The summed E-state index contributed by atoms with van der Waals surface area (Å²) in [7, 11) is 5.14. The van der Waals surface area contributed by atoms with Crippen LogP contribution >= 0.6 is 0 Å². The van der Waals surface area contributed by atoms with Crippen molar-refractivity contribution >= 4 is 22.5 Å². The number of rotatable bonds is 5. The Morgan fingerprint density at radius 1 is 0.889 bits per heavy atom. The van der Waals surface area contributed by atoms with Gasteiger partial charge in [-0.15, -0.1) is 0 Å². The fraction of sp³-hybridized carbons (Fsp3) is 0.150. The molecule has 3 aromatic heterocycles. The fourth-order valence-corrected chi connectivity index (χ4v) is 2.83. The molecule has 1 N–H and O–H groups in total. The van der Waals surface area contributed by atoms with E-state index in [0.29, 0.717) is 17.3 Å². The third-order valence-corrected chi connectivity index (χ3v) is 4.20. The second-order valence-electron chi connectivity index (χ2n) is 6.09. The normalized spacial score (nSPS) is 10.8. The summed E-state index contributed by atoms with van der Waals surface area (Å²) in [5, 5.41) is 7.50. The van der Waals surface area contributed by atoms with Gasteiger partial charge in [-0.25, -0.2) is 4.98 Å². The smallest absolute Gasteiger partial charge is 0.131 e. The number of hydrogen-bond donors (Lipinski definition) is 1. The quantitative estimate of drug-likeness (QED) is 0.583. The predicted octanol–water partition coefficient (Wildman–Crippen LogP) is 3.79. The summed E-state index contributed by atoms with van der Waals surface area (Å²) in [6.45, 7) is 0. The topological polar surface area (TPSA) is 74.1 Å². The van der Waals surface area contributed by atoms with Gasteiger partial charge in [-0.1, -0.05) is 0 Å². The summed E-state index contributed by atoms with van der Waals surface area (Å²) in [4.78, 5) is 9.19. The van der Waals surface area contributed by atoms with Crippen LogP contribution in [0.1, 0.15) is 0 Å². The molecule has 7 heteroatoms. The molecule has 0 fully saturated rings. The first-order valence-corrected chi connectivity index (χ1v) is 8.40. The highest BCUT2D eigenvalue weighted by molar-refractivity contribution is 5.81. The SMILES string of the molecule is COc1cc(Nc2ccc3ncc(-c4cnn(C)c4)cc3n2)cc(OC)c1. The van der Waals surface area contributed by atoms with Gasteiger partial charge < -0.3 is 14.8 Å². The van der Waals surface area contributed by atoms with Crippen molar-refractivity contribution in [3.8, 4) is 22.6 Å². The van der Waals surface area contributed by atoms with Gasteiger partial charge in [-0.05, 0) is 18.2 Å². The number of hydrogen-bond acceptors (Lipinski definition) is 6. The maximum absolute atomic E-state index is 5.31. The van der Waals surface area contributed by atoms with Crippen LogP contribution in [0.5, 0.6) is 11.5 Å².